The summed E-state index contributed by atoms with van der Waals surface area (Å²) in [7, 11) is 0. The van der Waals surface area contributed by atoms with Crippen LogP contribution >= 0.6 is 35.0 Å². The molecule has 9 heteroatoms. The molecule has 0 saturated carbocycles. The SMILES string of the molecule is O=C(Nc1ccc(F)cc1)C1CSC(c2ccc(F)cc2)N1C(=O)c1ccc(Cl)cc1Cl. The third-order valence-electron chi connectivity index (χ3n) is 4.97. The number of hydrogen-bond donors (Lipinski definition) is 1. The van der Waals surface area contributed by atoms with Gasteiger partial charge in [0.05, 0.1) is 10.6 Å². The Morgan fingerprint density at radius 1 is 0.938 bits per heavy atom. The summed E-state index contributed by atoms with van der Waals surface area (Å²) >= 11 is 13.6. The first-order chi connectivity index (χ1) is 15.3. The number of rotatable bonds is 4. The van der Waals surface area contributed by atoms with Crippen LogP contribution in [0.4, 0.5) is 14.5 Å². The fourth-order valence-corrected chi connectivity index (χ4v) is 5.32. The quantitative estimate of drug-likeness (QED) is 0.473. The Morgan fingerprint density at radius 3 is 2.19 bits per heavy atom. The van der Waals surface area contributed by atoms with Crippen molar-refractivity contribution in [1.82, 2.24) is 4.90 Å². The van der Waals surface area contributed by atoms with Gasteiger partial charge in [-0.05, 0) is 60.2 Å². The third kappa shape index (κ3) is 4.75. The first-order valence-electron chi connectivity index (χ1n) is 9.54. The van der Waals surface area contributed by atoms with Crippen molar-refractivity contribution in [3.63, 3.8) is 0 Å². The molecule has 0 aliphatic carbocycles. The summed E-state index contributed by atoms with van der Waals surface area (Å²) in [5.41, 5.74) is 1.28. The highest BCUT2D eigenvalue weighted by atomic mass is 35.5. The number of nitrogens with zero attached hydrogens (tertiary/aromatic N) is 1. The lowest BCUT2D eigenvalue weighted by Gasteiger charge is -2.29. The van der Waals surface area contributed by atoms with Crippen molar-refractivity contribution in [2.45, 2.75) is 11.4 Å². The van der Waals surface area contributed by atoms with E-state index in [-0.39, 0.29) is 10.6 Å². The number of carbonyl (C=O) groups excluding carboxylic acids is 2. The zero-order chi connectivity index (χ0) is 22.8. The van der Waals surface area contributed by atoms with Crippen LogP contribution in [0.3, 0.4) is 0 Å². The van der Waals surface area contributed by atoms with Crippen LogP contribution in [-0.2, 0) is 4.79 Å². The Bertz CT molecular complexity index is 1160. The second-order valence-corrected chi connectivity index (χ2v) is 9.04. The van der Waals surface area contributed by atoms with Gasteiger partial charge in [-0.2, -0.15) is 0 Å². The van der Waals surface area contributed by atoms with Gasteiger partial charge >= 0.3 is 0 Å². The van der Waals surface area contributed by atoms with Crippen molar-refractivity contribution in [2.24, 2.45) is 0 Å². The molecule has 0 radical (unpaired) electrons. The first-order valence-corrected chi connectivity index (χ1v) is 11.3. The van der Waals surface area contributed by atoms with Crippen LogP contribution in [0.5, 0.6) is 0 Å². The molecule has 0 spiro atoms. The molecule has 1 N–H and O–H groups in total. The molecule has 3 aromatic carbocycles. The highest BCUT2D eigenvalue weighted by molar-refractivity contribution is 7.99. The standard InChI is InChI=1S/C23H16Cl2F2N2O2S/c24-14-3-10-18(19(25)11-14)22(31)29-20(21(30)28-17-8-6-16(27)7-9-17)12-32-23(29)13-1-4-15(26)5-2-13/h1-11,20,23H,12H2,(H,28,30). The van der Waals surface area contributed by atoms with Crippen molar-refractivity contribution >= 4 is 52.5 Å². The van der Waals surface area contributed by atoms with Gasteiger partial charge in [0.1, 0.15) is 23.1 Å². The Morgan fingerprint density at radius 2 is 1.56 bits per heavy atom. The van der Waals surface area contributed by atoms with E-state index in [1.165, 1.54) is 65.2 Å². The molecule has 2 unspecified atom stereocenters. The summed E-state index contributed by atoms with van der Waals surface area (Å²) in [5.74, 6) is -1.39. The number of thioether (sulfide) groups is 1. The van der Waals surface area contributed by atoms with Gasteiger partial charge in [-0.3, -0.25) is 9.59 Å². The molecule has 164 valence electrons. The maximum absolute atomic E-state index is 13.5. The predicted molar refractivity (Wildman–Crippen MR) is 123 cm³/mol. The molecule has 1 heterocycles. The summed E-state index contributed by atoms with van der Waals surface area (Å²) < 4.78 is 26.6. The maximum atomic E-state index is 13.5. The van der Waals surface area contributed by atoms with E-state index in [2.05, 4.69) is 5.32 Å². The van der Waals surface area contributed by atoms with Crippen LogP contribution in [-0.4, -0.2) is 28.5 Å². The summed E-state index contributed by atoms with van der Waals surface area (Å²) in [6, 6.07) is 14.8. The second-order valence-electron chi connectivity index (χ2n) is 7.09. The van der Waals surface area contributed by atoms with Gasteiger partial charge in [-0.1, -0.05) is 35.3 Å². The van der Waals surface area contributed by atoms with E-state index in [0.717, 1.165) is 0 Å². The maximum Gasteiger partial charge on any atom is 0.257 e. The summed E-state index contributed by atoms with van der Waals surface area (Å²) in [6.45, 7) is 0. The van der Waals surface area contributed by atoms with E-state index >= 15 is 0 Å². The van der Waals surface area contributed by atoms with Crippen LogP contribution in [0.1, 0.15) is 21.3 Å². The zero-order valence-corrected chi connectivity index (χ0v) is 18.7. The Hall–Kier alpha value is -2.61. The summed E-state index contributed by atoms with van der Waals surface area (Å²) in [6.07, 6.45) is 0. The molecular weight excluding hydrogens is 477 g/mol. The second kappa shape index (κ2) is 9.48. The minimum Gasteiger partial charge on any atom is -0.324 e. The number of benzene rings is 3. The average Bonchev–Trinajstić information content (AvgIpc) is 3.21. The predicted octanol–water partition coefficient (Wildman–Crippen LogP) is 6.17. The fourth-order valence-electron chi connectivity index (χ4n) is 3.40. The molecule has 0 aromatic heterocycles. The van der Waals surface area contributed by atoms with Crippen LogP contribution in [0.25, 0.3) is 0 Å². The lowest BCUT2D eigenvalue weighted by molar-refractivity contribution is -0.119. The van der Waals surface area contributed by atoms with Gasteiger partial charge in [0.2, 0.25) is 5.91 Å². The number of carbonyl (C=O) groups is 2. The van der Waals surface area contributed by atoms with Crippen molar-refractivity contribution in [3.8, 4) is 0 Å². The number of anilines is 1. The largest absolute Gasteiger partial charge is 0.324 e. The van der Waals surface area contributed by atoms with E-state index in [9.17, 15) is 18.4 Å². The van der Waals surface area contributed by atoms with Crippen LogP contribution in [0, 0.1) is 11.6 Å². The van der Waals surface area contributed by atoms with Crippen LogP contribution in [0.15, 0.2) is 66.7 Å². The lowest BCUT2D eigenvalue weighted by atomic mass is 10.1. The number of amides is 2. The molecule has 0 bridgehead atoms. The summed E-state index contributed by atoms with van der Waals surface area (Å²) in [4.78, 5) is 28.0. The lowest BCUT2D eigenvalue weighted by Crippen LogP contribution is -2.45. The monoisotopic (exact) mass is 492 g/mol. The molecule has 2 amide bonds. The normalized spacial score (nSPS) is 17.9. The molecule has 4 nitrogen and oxygen atoms in total. The highest BCUT2D eigenvalue weighted by Crippen LogP contribution is 2.43. The zero-order valence-electron chi connectivity index (χ0n) is 16.4. The van der Waals surface area contributed by atoms with E-state index in [4.69, 9.17) is 23.2 Å². The molecular formula is C23H16Cl2F2N2O2S. The first kappa shape index (κ1) is 22.6. The van der Waals surface area contributed by atoms with Crippen molar-refractivity contribution in [1.29, 1.82) is 0 Å². The third-order valence-corrected chi connectivity index (χ3v) is 6.84. The molecule has 1 saturated heterocycles. The number of halogens is 4. The van der Waals surface area contributed by atoms with Gasteiger partial charge in [0.25, 0.3) is 5.91 Å². The molecule has 1 fully saturated rings. The Kier molecular flexibility index (Phi) is 6.69. The smallest absolute Gasteiger partial charge is 0.257 e. The molecule has 1 aliphatic rings. The van der Waals surface area contributed by atoms with E-state index < -0.39 is 34.9 Å². The van der Waals surface area contributed by atoms with Gasteiger partial charge < -0.3 is 10.2 Å². The molecule has 1 aliphatic heterocycles. The van der Waals surface area contributed by atoms with Crippen molar-refractivity contribution in [3.05, 3.63) is 99.5 Å². The van der Waals surface area contributed by atoms with Crippen molar-refractivity contribution < 1.29 is 18.4 Å². The number of nitrogens with one attached hydrogen (secondary N) is 1. The minimum atomic E-state index is -0.834. The molecule has 2 atom stereocenters. The molecule has 3 aromatic rings. The number of hydrogen-bond acceptors (Lipinski definition) is 3. The average molecular weight is 493 g/mol. The van der Waals surface area contributed by atoms with Gasteiger partial charge in [-0.15, -0.1) is 11.8 Å². The van der Waals surface area contributed by atoms with E-state index in [0.29, 0.717) is 22.0 Å². The minimum absolute atomic E-state index is 0.162. The van der Waals surface area contributed by atoms with Crippen molar-refractivity contribution in [2.75, 3.05) is 11.1 Å². The van der Waals surface area contributed by atoms with E-state index in [1.54, 1.807) is 18.2 Å². The van der Waals surface area contributed by atoms with Crippen LogP contribution < -0.4 is 5.32 Å². The topological polar surface area (TPSA) is 49.4 Å². The van der Waals surface area contributed by atoms with Gasteiger partial charge in [0, 0.05) is 16.5 Å². The van der Waals surface area contributed by atoms with Gasteiger partial charge in [0.15, 0.2) is 0 Å². The molecule has 32 heavy (non-hydrogen) atoms. The Labute approximate surface area is 197 Å². The highest BCUT2D eigenvalue weighted by Gasteiger charge is 2.43. The Balaban J connectivity index is 1.68. The van der Waals surface area contributed by atoms with Gasteiger partial charge in [-0.25, -0.2) is 8.78 Å². The fraction of sp³-hybridized carbons (Fsp3) is 0.130. The summed E-state index contributed by atoms with van der Waals surface area (Å²) in [5, 5.41) is 2.74. The van der Waals surface area contributed by atoms with E-state index in [1.807, 2.05) is 0 Å². The molecule has 4 rings (SSSR count). The van der Waals surface area contributed by atoms with Crippen LogP contribution in [0.2, 0.25) is 10.0 Å².